The van der Waals surface area contributed by atoms with E-state index in [9.17, 15) is 18.8 Å². The van der Waals surface area contributed by atoms with Crippen molar-refractivity contribution < 1.29 is 9.18 Å². The summed E-state index contributed by atoms with van der Waals surface area (Å²) in [5.41, 5.74) is 0.230. The molecule has 34 heavy (non-hydrogen) atoms. The Hall–Kier alpha value is -3.75. The molecule has 2 aromatic heterocycles. The highest BCUT2D eigenvalue weighted by molar-refractivity contribution is 5.98. The maximum absolute atomic E-state index is 14.2. The number of benzene rings is 2. The number of halogens is 1. The minimum absolute atomic E-state index is 0.0726. The van der Waals surface area contributed by atoms with Gasteiger partial charge in [-0.1, -0.05) is 38.0 Å². The topological polar surface area (TPSA) is 90.4 Å². The van der Waals surface area contributed by atoms with Gasteiger partial charge in [0.1, 0.15) is 5.82 Å². The van der Waals surface area contributed by atoms with E-state index in [-0.39, 0.29) is 29.8 Å². The van der Waals surface area contributed by atoms with Crippen molar-refractivity contribution in [2.24, 2.45) is 0 Å². The molecule has 5 rings (SSSR count). The lowest BCUT2D eigenvalue weighted by molar-refractivity contribution is 0.0938. The molecular weight excluding hydrogens is 437 g/mol. The minimum atomic E-state index is -0.499. The monoisotopic (exact) mass is 463 g/mol. The van der Waals surface area contributed by atoms with Crippen LogP contribution in [0, 0.1) is 5.82 Å². The smallest absolute Gasteiger partial charge is 0.349 e. The number of rotatable bonds is 6. The van der Waals surface area contributed by atoms with Crippen LogP contribution in [0.25, 0.3) is 16.7 Å². The summed E-state index contributed by atoms with van der Waals surface area (Å²) < 4.78 is 18.2. The molecule has 0 saturated heterocycles. The van der Waals surface area contributed by atoms with Crippen molar-refractivity contribution in [1.82, 2.24) is 24.1 Å². The Labute approximate surface area is 194 Å². The van der Waals surface area contributed by atoms with E-state index >= 15 is 0 Å². The van der Waals surface area contributed by atoms with E-state index in [0.717, 1.165) is 30.4 Å². The van der Waals surface area contributed by atoms with Crippen molar-refractivity contribution in [3.05, 3.63) is 80.2 Å². The molecule has 1 amide bonds. The fourth-order valence-corrected chi connectivity index (χ4v) is 4.71. The number of hydrogen-bond acceptors (Lipinski definition) is 4. The first-order valence-electron chi connectivity index (χ1n) is 11.7. The molecule has 2 heterocycles. The quantitative estimate of drug-likeness (QED) is 0.476. The zero-order chi connectivity index (χ0) is 23.8. The van der Waals surface area contributed by atoms with Gasteiger partial charge >= 0.3 is 5.69 Å². The fraction of sp³-hybridized carbons (Fsp3) is 0.360. The second-order valence-electron chi connectivity index (χ2n) is 8.81. The van der Waals surface area contributed by atoms with Gasteiger partial charge in [0.25, 0.3) is 11.5 Å². The van der Waals surface area contributed by atoms with Gasteiger partial charge in [-0.2, -0.15) is 0 Å². The molecule has 0 spiro atoms. The summed E-state index contributed by atoms with van der Waals surface area (Å²) in [6.07, 6.45) is 4.76. The average Bonchev–Trinajstić information content (AvgIpc) is 3.46. The highest BCUT2D eigenvalue weighted by atomic mass is 19.1. The van der Waals surface area contributed by atoms with Crippen LogP contribution in [-0.4, -0.2) is 30.7 Å². The van der Waals surface area contributed by atoms with Crippen LogP contribution in [0.15, 0.2) is 52.1 Å². The summed E-state index contributed by atoms with van der Waals surface area (Å²) >= 11 is 0. The normalized spacial score (nSPS) is 14.3. The molecule has 0 aliphatic heterocycles. The van der Waals surface area contributed by atoms with Crippen molar-refractivity contribution >= 4 is 22.6 Å². The van der Waals surface area contributed by atoms with Gasteiger partial charge in [-0.05, 0) is 43.5 Å². The molecule has 1 saturated carbocycles. The van der Waals surface area contributed by atoms with E-state index in [2.05, 4.69) is 10.4 Å². The summed E-state index contributed by atoms with van der Waals surface area (Å²) in [6.45, 7) is 2.23. The highest BCUT2D eigenvalue weighted by Gasteiger charge is 2.21. The van der Waals surface area contributed by atoms with Gasteiger partial charge in [0, 0.05) is 23.7 Å². The van der Waals surface area contributed by atoms with Crippen LogP contribution < -0.4 is 16.6 Å². The maximum atomic E-state index is 14.2. The number of nitrogens with zero attached hydrogens (tertiary/aromatic N) is 4. The zero-order valence-corrected chi connectivity index (χ0v) is 19.0. The van der Waals surface area contributed by atoms with E-state index in [4.69, 9.17) is 0 Å². The number of aryl methyl sites for hydroxylation is 1. The number of aromatic nitrogens is 4. The molecule has 8 nitrogen and oxygen atoms in total. The first kappa shape index (κ1) is 22.1. The van der Waals surface area contributed by atoms with Crippen LogP contribution in [0.2, 0.25) is 0 Å². The number of carbonyl (C=O) groups is 1. The van der Waals surface area contributed by atoms with Gasteiger partial charge in [-0.3, -0.25) is 14.2 Å². The van der Waals surface area contributed by atoms with E-state index in [1.165, 1.54) is 15.0 Å². The average molecular weight is 464 g/mol. The number of amides is 1. The van der Waals surface area contributed by atoms with Gasteiger partial charge in [0.05, 0.1) is 17.4 Å². The summed E-state index contributed by atoms with van der Waals surface area (Å²) in [6, 6.07) is 11.1. The molecule has 1 fully saturated rings. The second kappa shape index (κ2) is 8.89. The highest BCUT2D eigenvalue weighted by Crippen LogP contribution is 2.19. The van der Waals surface area contributed by atoms with E-state index in [1.54, 1.807) is 36.4 Å². The molecular formula is C25H26FN5O3. The first-order chi connectivity index (χ1) is 16.5. The SMILES string of the molecule is CCCn1c(=O)c2ccc(C(=O)NC3CCCC3)cc2n2c(=O)n(Cc3ccccc3F)nc12. The predicted octanol–water partition coefficient (Wildman–Crippen LogP) is 3.08. The number of fused-ring (bicyclic) bond motifs is 3. The molecule has 0 atom stereocenters. The Morgan fingerprint density at radius 3 is 2.65 bits per heavy atom. The second-order valence-corrected chi connectivity index (χ2v) is 8.81. The van der Waals surface area contributed by atoms with E-state index < -0.39 is 11.5 Å². The summed E-state index contributed by atoms with van der Waals surface area (Å²) in [5, 5.41) is 7.76. The largest absolute Gasteiger partial charge is 0.352 e. The van der Waals surface area contributed by atoms with Crippen LogP contribution in [0.5, 0.6) is 0 Å². The molecule has 2 aromatic carbocycles. The molecule has 1 aliphatic carbocycles. The van der Waals surface area contributed by atoms with Crippen molar-refractivity contribution in [3.63, 3.8) is 0 Å². The van der Waals surface area contributed by atoms with Crippen molar-refractivity contribution in [2.75, 3.05) is 0 Å². The number of nitrogens with one attached hydrogen (secondary N) is 1. The van der Waals surface area contributed by atoms with Gasteiger partial charge in [-0.25, -0.2) is 18.3 Å². The van der Waals surface area contributed by atoms with Gasteiger partial charge in [0.15, 0.2) is 0 Å². The molecule has 0 unspecified atom stereocenters. The van der Waals surface area contributed by atoms with Crippen molar-refractivity contribution in [2.45, 2.75) is 58.2 Å². The molecule has 4 aromatic rings. The summed E-state index contributed by atoms with van der Waals surface area (Å²) in [4.78, 5) is 39.5. The fourth-order valence-electron chi connectivity index (χ4n) is 4.71. The summed E-state index contributed by atoms with van der Waals surface area (Å²) in [5.74, 6) is -0.492. The first-order valence-corrected chi connectivity index (χ1v) is 11.7. The van der Waals surface area contributed by atoms with Crippen LogP contribution in [-0.2, 0) is 13.1 Å². The van der Waals surface area contributed by atoms with Gasteiger partial charge < -0.3 is 5.32 Å². The maximum Gasteiger partial charge on any atom is 0.352 e. The van der Waals surface area contributed by atoms with Crippen LogP contribution in [0.1, 0.15) is 54.9 Å². The zero-order valence-electron chi connectivity index (χ0n) is 19.0. The Balaban J connectivity index is 1.68. The molecule has 0 radical (unpaired) electrons. The molecule has 176 valence electrons. The Morgan fingerprint density at radius 1 is 1.15 bits per heavy atom. The lowest BCUT2D eigenvalue weighted by atomic mass is 10.1. The third-order valence-electron chi connectivity index (χ3n) is 6.46. The van der Waals surface area contributed by atoms with E-state index in [0.29, 0.717) is 35.0 Å². The Bertz CT molecular complexity index is 1510. The number of hydrogen-bond donors (Lipinski definition) is 1. The predicted molar refractivity (Wildman–Crippen MR) is 127 cm³/mol. The minimum Gasteiger partial charge on any atom is -0.349 e. The van der Waals surface area contributed by atoms with Crippen molar-refractivity contribution in [1.29, 1.82) is 0 Å². The van der Waals surface area contributed by atoms with Gasteiger partial charge in [-0.15, -0.1) is 5.10 Å². The van der Waals surface area contributed by atoms with Crippen LogP contribution >= 0.6 is 0 Å². The lowest BCUT2D eigenvalue weighted by Gasteiger charge is -2.13. The summed E-state index contributed by atoms with van der Waals surface area (Å²) in [7, 11) is 0. The molecule has 9 heteroatoms. The van der Waals surface area contributed by atoms with Crippen molar-refractivity contribution in [3.8, 4) is 0 Å². The van der Waals surface area contributed by atoms with Gasteiger partial charge in [0.2, 0.25) is 5.78 Å². The van der Waals surface area contributed by atoms with Crippen LogP contribution in [0.4, 0.5) is 4.39 Å². The molecule has 0 bridgehead atoms. The number of carbonyl (C=O) groups excluding carboxylic acids is 1. The standard InChI is InChI=1S/C25H26FN5O3/c1-2-13-29-23(33)19-12-11-16(22(32)27-18-8-4-5-9-18)14-21(19)31-24(29)28-30(25(31)34)15-17-7-3-6-10-20(17)26/h3,6-7,10-12,14,18H,2,4-5,8-9,13,15H2,1H3,(H,27,32). The van der Waals surface area contributed by atoms with Crippen LogP contribution in [0.3, 0.4) is 0 Å². The third kappa shape index (κ3) is 3.81. The van der Waals surface area contributed by atoms with E-state index in [1.807, 2.05) is 6.92 Å². The molecule has 1 N–H and O–H groups in total. The Kier molecular flexibility index (Phi) is 5.77. The third-order valence-corrected chi connectivity index (χ3v) is 6.46. The molecule has 1 aliphatic rings. The lowest BCUT2D eigenvalue weighted by Crippen LogP contribution is -2.33. The Morgan fingerprint density at radius 2 is 1.91 bits per heavy atom.